The van der Waals surface area contributed by atoms with E-state index in [9.17, 15) is 9.59 Å². The Balaban J connectivity index is 1.23. The third-order valence-electron chi connectivity index (χ3n) is 11.7. The third-order valence-corrected chi connectivity index (χ3v) is 11.7. The molecule has 8 nitrogen and oxygen atoms in total. The molecule has 0 radical (unpaired) electrons. The zero-order valence-electron chi connectivity index (χ0n) is 30.0. The Hall–Kier alpha value is -3.68. The van der Waals surface area contributed by atoms with Gasteiger partial charge in [0.25, 0.3) is 0 Å². The highest BCUT2D eigenvalue weighted by Crippen LogP contribution is 2.58. The van der Waals surface area contributed by atoms with Crippen LogP contribution in [-0.2, 0) is 25.3 Å². The monoisotopic (exact) mass is 653 g/mol. The largest absolute Gasteiger partial charge is 0.466 e. The first-order valence-electron chi connectivity index (χ1n) is 18.2. The molecule has 0 atom stereocenters. The molecule has 0 spiro atoms. The van der Waals surface area contributed by atoms with Gasteiger partial charge in [-0.2, -0.15) is 5.10 Å². The van der Waals surface area contributed by atoms with Gasteiger partial charge in [0.05, 0.1) is 18.3 Å². The number of ether oxygens (including phenoxy) is 1. The number of carbonyl (C=O) groups is 2. The summed E-state index contributed by atoms with van der Waals surface area (Å²) in [6.45, 7) is 9.48. The third kappa shape index (κ3) is 7.18. The molecule has 4 fully saturated rings. The molecule has 1 aromatic carbocycles. The number of benzene rings is 1. The normalized spacial score (nSPS) is 25.5. The zero-order valence-corrected chi connectivity index (χ0v) is 30.0. The summed E-state index contributed by atoms with van der Waals surface area (Å²) in [6, 6.07) is 13.0. The number of aromatic nitrogens is 3. The molecule has 1 amide bonds. The summed E-state index contributed by atoms with van der Waals surface area (Å²) in [7, 11) is 4.07. The molecule has 7 rings (SSSR count). The molecule has 4 aliphatic carbocycles. The predicted molar refractivity (Wildman–Crippen MR) is 192 cm³/mol. The Morgan fingerprint density at radius 2 is 1.65 bits per heavy atom. The maximum Gasteiger partial charge on any atom is 0.306 e. The predicted octanol–water partition coefficient (Wildman–Crippen LogP) is 8.15. The molecule has 2 aromatic heterocycles. The number of esters is 1. The van der Waals surface area contributed by atoms with Crippen molar-refractivity contribution in [2.75, 3.05) is 37.0 Å². The van der Waals surface area contributed by atoms with E-state index in [0.717, 1.165) is 93.4 Å². The Labute approximate surface area is 287 Å². The van der Waals surface area contributed by atoms with Crippen LogP contribution in [0.25, 0.3) is 11.1 Å². The lowest BCUT2D eigenvalue weighted by atomic mass is 9.52. The van der Waals surface area contributed by atoms with E-state index >= 15 is 0 Å². The average Bonchev–Trinajstić information content (AvgIpc) is 3.60. The summed E-state index contributed by atoms with van der Waals surface area (Å²) >= 11 is 0. The first kappa shape index (κ1) is 34.2. The van der Waals surface area contributed by atoms with Crippen LogP contribution < -0.4 is 9.80 Å². The van der Waals surface area contributed by atoms with Crippen LogP contribution >= 0.6 is 0 Å². The van der Waals surface area contributed by atoms with Crippen molar-refractivity contribution in [3.63, 3.8) is 0 Å². The van der Waals surface area contributed by atoms with Crippen LogP contribution in [0.2, 0.25) is 0 Å². The van der Waals surface area contributed by atoms with Gasteiger partial charge < -0.3 is 14.5 Å². The molecule has 2 bridgehead atoms. The van der Waals surface area contributed by atoms with Crippen molar-refractivity contribution in [2.24, 2.45) is 17.3 Å². The maximum absolute atomic E-state index is 14.6. The minimum atomic E-state index is -0.116. The molecule has 48 heavy (non-hydrogen) atoms. The lowest BCUT2D eigenvalue weighted by molar-refractivity contribution is -0.144. The quantitative estimate of drug-likeness (QED) is 0.206. The number of anilines is 2. The van der Waals surface area contributed by atoms with E-state index in [1.807, 2.05) is 31.9 Å². The maximum atomic E-state index is 14.6. The number of amides is 1. The highest BCUT2D eigenvalue weighted by atomic mass is 16.5. The lowest BCUT2D eigenvalue weighted by Gasteiger charge is -2.55. The van der Waals surface area contributed by atoms with Crippen molar-refractivity contribution in [3.05, 3.63) is 60.6 Å². The molecule has 4 aliphatic rings. The first-order valence-corrected chi connectivity index (χ1v) is 18.2. The van der Waals surface area contributed by atoms with Gasteiger partial charge in [0.1, 0.15) is 5.82 Å². The fraction of sp³-hybridized carbons (Fsp3) is 0.600. The van der Waals surface area contributed by atoms with E-state index < -0.39 is 0 Å². The van der Waals surface area contributed by atoms with Gasteiger partial charge in [-0.1, -0.05) is 18.2 Å². The highest BCUT2D eigenvalue weighted by Gasteiger charge is 2.50. The molecule has 8 heteroatoms. The van der Waals surface area contributed by atoms with E-state index in [2.05, 4.69) is 84.5 Å². The minimum Gasteiger partial charge on any atom is -0.466 e. The van der Waals surface area contributed by atoms with Crippen molar-refractivity contribution in [1.29, 1.82) is 0 Å². The van der Waals surface area contributed by atoms with E-state index in [1.54, 1.807) is 0 Å². The Morgan fingerprint density at radius 3 is 2.23 bits per heavy atom. The number of nitrogens with zero attached hydrogens (tertiary/aromatic N) is 5. The van der Waals surface area contributed by atoms with Crippen molar-refractivity contribution >= 4 is 23.4 Å². The summed E-state index contributed by atoms with van der Waals surface area (Å²) in [5.41, 5.74) is 4.70. The summed E-state index contributed by atoms with van der Waals surface area (Å²) in [5.74, 6) is 1.39. The molecule has 3 aromatic rings. The van der Waals surface area contributed by atoms with E-state index in [4.69, 9.17) is 9.72 Å². The molecule has 258 valence electrons. The summed E-state index contributed by atoms with van der Waals surface area (Å²) in [4.78, 5) is 35.8. The van der Waals surface area contributed by atoms with Crippen LogP contribution in [0.3, 0.4) is 0 Å². The van der Waals surface area contributed by atoms with Gasteiger partial charge in [0.15, 0.2) is 0 Å². The van der Waals surface area contributed by atoms with Gasteiger partial charge in [0.2, 0.25) is 5.91 Å². The Morgan fingerprint density at radius 1 is 0.938 bits per heavy atom. The van der Waals surface area contributed by atoms with Gasteiger partial charge in [-0.05, 0) is 138 Å². The van der Waals surface area contributed by atoms with E-state index in [0.29, 0.717) is 18.9 Å². The molecule has 0 aliphatic heterocycles. The standard InChI is InChI=1S/C40H55N5O3/c1-7-48-36(46)23-29-11-13-30(14-12-29)37(47)44(34-10-8-9-31(24-34)32-25-42-45(27-32)38(2,3)4)28-39-17-20-40(21-18-39,22-19-39)33-15-16-35(41-26-33)43(5)6/h8-10,15-16,24-27,29-30H,7,11-14,17-23,28H2,1-6H3. The first-order chi connectivity index (χ1) is 22.9. The van der Waals surface area contributed by atoms with E-state index in [1.165, 1.54) is 5.56 Å². The lowest BCUT2D eigenvalue weighted by Crippen LogP contribution is -2.51. The van der Waals surface area contributed by atoms with Crippen molar-refractivity contribution in [2.45, 2.75) is 109 Å². The van der Waals surface area contributed by atoms with Crippen molar-refractivity contribution in [1.82, 2.24) is 14.8 Å². The van der Waals surface area contributed by atoms with Crippen molar-refractivity contribution in [3.8, 4) is 11.1 Å². The van der Waals surface area contributed by atoms with Gasteiger partial charge in [-0.3, -0.25) is 14.3 Å². The zero-order chi connectivity index (χ0) is 34.1. The SMILES string of the molecule is CCOC(=O)CC1CCC(C(=O)N(CC23CCC(c4ccc(N(C)C)nc4)(CC2)CC3)c2cccc(-c3cnn(C(C)(C)C)c3)c2)CC1. The van der Waals surface area contributed by atoms with Gasteiger partial charge >= 0.3 is 5.97 Å². The number of fused-ring (bicyclic) bond motifs is 3. The molecule has 2 heterocycles. The summed E-state index contributed by atoms with van der Waals surface area (Å²) in [6.07, 6.45) is 16.8. The van der Waals surface area contributed by atoms with Crippen molar-refractivity contribution < 1.29 is 14.3 Å². The molecule has 0 unspecified atom stereocenters. The second-order valence-corrected chi connectivity index (χ2v) is 16.1. The molecule has 0 saturated heterocycles. The highest BCUT2D eigenvalue weighted by molar-refractivity contribution is 5.96. The van der Waals surface area contributed by atoms with Crippen LogP contribution in [-0.4, -0.2) is 53.9 Å². The molecule has 0 N–H and O–H groups in total. The summed E-state index contributed by atoms with van der Waals surface area (Å²) in [5, 5.41) is 4.65. The Bertz CT molecular complexity index is 1550. The smallest absolute Gasteiger partial charge is 0.306 e. The van der Waals surface area contributed by atoms with Crippen LogP contribution in [0.15, 0.2) is 55.0 Å². The van der Waals surface area contributed by atoms with E-state index in [-0.39, 0.29) is 34.2 Å². The molecule has 4 saturated carbocycles. The second-order valence-electron chi connectivity index (χ2n) is 16.1. The van der Waals surface area contributed by atoms with Crippen LogP contribution in [0.4, 0.5) is 11.5 Å². The fourth-order valence-electron chi connectivity index (χ4n) is 8.51. The number of rotatable bonds is 10. The van der Waals surface area contributed by atoms with Crippen LogP contribution in [0, 0.1) is 17.3 Å². The topological polar surface area (TPSA) is 80.6 Å². The summed E-state index contributed by atoms with van der Waals surface area (Å²) < 4.78 is 7.22. The average molecular weight is 654 g/mol. The van der Waals surface area contributed by atoms with Gasteiger partial charge in [0, 0.05) is 56.6 Å². The number of carbonyl (C=O) groups excluding carboxylic acids is 2. The van der Waals surface area contributed by atoms with Crippen LogP contribution in [0.5, 0.6) is 0 Å². The number of hydrogen-bond acceptors (Lipinski definition) is 6. The second kappa shape index (κ2) is 13.7. The Kier molecular flexibility index (Phi) is 9.74. The number of pyridine rings is 1. The van der Waals surface area contributed by atoms with Crippen LogP contribution in [0.1, 0.15) is 104 Å². The minimum absolute atomic E-state index is 0.0281. The molecular weight excluding hydrogens is 598 g/mol. The van der Waals surface area contributed by atoms with Gasteiger partial charge in [-0.15, -0.1) is 0 Å². The van der Waals surface area contributed by atoms with Gasteiger partial charge in [-0.25, -0.2) is 4.98 Å². The fourth-order valence-corrected chi connectivity index (χ4v) is 8.51. The number of hydrogen-bond donors (Lipinski definition) is 0. The molecular formula is C40H55N5O3.